The van der Waals surface area contributed by atoms with Gasteiger partial charge in [0, 0.05) is 49.7 Å². The van der Waals surface area contributed by atoms with Crippen LogP contribution in [0.15, 0.2) is 60.8 Å². The molecule has 1 saturated heterocycles. The van der Waals surface area contributed by atoms with E-state index in [4.69, 9.17) is 0 Å². The molecule has 0 bridgehead atoms. The van der Waals surface area contributed by atoms with Crippen molar-refractivity contribution in [3.63, 3.8) is 0 Å². The summed E-state index contributed by atoms with van der Waals surface area (Å²) in [5.74, 6) is -0.294. The van der Waals surface area contributed by atoms with Gasteiger partial charge in [-0.1, -0.05) is 48.5 Å². The first-order chi connectivity index (χ1) is 16.3. The molecule has 3 aromatic rings. The fourth-order valence-corrected chi connectivity index (χ4v) is 5.64. The Morgan fingerprint density at radius 3 is 2.53 bits per heavy atom. The van der Waals surface area contributed by atoms with E-state index in [9.17, 15) is 18.0 Å². The Kier molecular flexibility index (Phi) is 7.33. The number of carbonyl (C=O) groups excluding carboxylic acids is 2. The van der Waals surface area contributed by atoms with E-state index in [1.54, 1.807) is 4.90 Å². The van der Waals surface area contributed by atoms with Crippen LogP contribution in [0.5, 0.6) is 0 Å². The number of rotatable bonds is 4. The topological polar surface area (TPSA) is 103 Å². The molecule has 1 aromatic heterocycles. The molecule has 4 rings (SSSR count). The van der Waals surface area contributed by atoms with Crippen LogP contribution in [-0.2, 0) is 26.0 Å². The number of hydrogen-bond donors (Lipinski definition) is 2. The molecule has 2 N–H and O–H groups in total. The quantitative estimate of drug-likeness (QED) is 0.596. The van der Waals surface area contributed by atoms with Crippen LogP contribution in [0.2, 0.25) is 0 Å². The summed E-state index contributed by atoms with van der Waals surface area (Å²) in [4.78, 5) is 30.8. The number of sulfonamides is 1. The molecule has 0 radical (unpaired) electrons. The third-order valence-corrected chi connectivity index (χ3v) is 7.51. The number of nitrogens with one attached hydrogen (secondary N) is 2. The molecule has 8 nitrogen and oxygen atoms in total. The van der Waals surface area contributed by atoms with E-state index in [0.29, 0.717) is 26.1 Å². The SMILES string of the molecule is CS(=O)(=O)N1CCCN(C(=O)Cc2c[nH]c3ccccc23)CCNC(=O)CC1c1ccccc1. The van der Waals surface area contributed by atoms with Gasteiger partial charge in [-0.05, 0) is 23.6 Å². The smallest absolute Gasteiger partial charge is 0.227 e. The normalized spacial score (nSPS) is 18.9. The standard InChI is InChI=1S/C25H30N4O4S/c1-34(32,33)29-14-7-13-28(25(31)16-20-18-27-22-11-6-5-10-21(20)22)15-12-26-24(30)17-23(29)19-8-3-2-4-9-19/h2-6,8-11,18,23,27H,7,12-17H2,1H3,(H,26,30). The van der Waals surface area contributed by atoms with Gasteiger partial charge in [-0.25, -0.2) is 8.42 Å². The van der Waals surface area contributed by atoms with Crippen LogP contribution in [-0.4, -0.2) is 66.9 Å². The first-order valence-electron chi connectivity index (χ1n) is 11.4. The number of para-hydroxylation sites is 1. The minimum absolute atomic E-state index is 0.0281. The average Bonchev–Trinajstić information content (AvgIpc) is 3.20. The minimum atomic E-state index is -3.58. The van der Waals surface area contributed by atoms with Crippen molar-refractivity contribution in [3.05, 3.63) is 71.9 Å². The Morgan fingerprint density at radius 2 is 1.76 bits per heavy atom. The summed E-state index contributed by atoms with van der Waals surface area (Å²) in [5.41, 5.74) is 2.67. The number of aromatic nitrogens is 1. The third-order valence-electron chi connectivity index (χ3n) is 6.22. The van der Waals surface area contributed by atoms with Gasteiger partial charge >= 0.3 is 0 Å². The monoisotopic (exact) mass is 482 g/mol. The largest absolute Gasteiger partial charge is 0.361 e. The van der Waals surface area contributed by atoms with Crippen LogP contribution in [0.3, 0.4) is 0 Å². The molecule has 1 aliphatic heterocycles. The Balaban J connectivity index is 1.53. The Morgan fingerprint density at radius 1 is 1.03 bits per heavy atom. The van der Waals surface area contributed by atoms with Gasteiger partial charge in [0.15, 0.2) is 0 Å². The van der Waals surface area contributed by atoms with Crippen LogP contribution in [0.1, 0.15) is 30.0 Å². The number of fused-ring (bicyclic) bond motifs is 1. The summed E-state index contributed by atoms with van der Waals surface area (Å²) >= 11 is 0. The number of hydrogen-bond acceptors (Lipinski definition) is 4. The highest BCUT2D eigenvalue weighted by molar-refractivity contribution is 7.88. The lowest BCUT2D eigenvalue weighted by Crippen LogP contribution is -2.39. The van der Waals surface area contributed by atoms with Gasteiger partial charge in [-0.15, -0.1) is 0 Å². The lowest BCUT2D eigenvalue weighted by Gasteiger charge is -2.30. The van der Waals surface area contributed by atoms with Gasteiger partial charge in [0.05, 0.1) is 18.7 Å². The van der Waals surface area contributed by atoms with Crippen molar-refractivity contribution >= 4 is 32.7 Å². The summed E-state index contributed by atoms with van der Waals surface area (Å²) in [6.45, 7) is 1.33. The van der Waals surface area contributed by atoms with Gasteiger partial charge < -0.3 is 15.2 Å². The van der Waals surface area contributed by atoms with Gasteiger partial charge in [0.1, 0.15) is 0 Å². The zero-order chi connectivity index (χ0) is 24.1. The number of benzene rings is 2. The lowest BCUT2D eigenvalue weighted by molar-refractivity contribution is -0.131. The summed E-state index contributed by atoms with van der Waals surface area (Å²) in [6, 6.07) is 16.5. The van der Waals surface area contributed by atoms with Crippen molar-refractivity contribution in [2.24, 2.45) is 0 Å². The molecule has 0 spiro atoms. The second kappa shape index (κ2) is 10.4. The molecule has 0 aliphatic carbocycles. The molecule has 1 atom stereocenters. The van der Waals surface area contributed by atoms with Crippen LogP contribution in [0.4, 0.5) is 0 Å². The first-order valence-corrected chi connectivity index (χ1v) is 13.3. The second-order valence-corrected chi connectivity index (χ2v) is 10.6. The molecular weight excluding hydrogens is 452 g/mol. The molecule has 2 heterocycles. The molecular formula is C25H30N4O4S. The molecule has 1 aliphatic rings. The zero-order valence-electron chi connectivity index (χ0n) is 19.2. The third kappa shape index (κ3) is 5.66. The van der Waals surface area contributed by atoms with Crippen molar-refractivity contribution in [3.8, 4) is 0 Å². The fourth-order valence-electron chi connectivity index (χ4n) is 4.52. The summed E-state index contributed by atoms with van der Waals surface area (Å²) in [7, 11) is -3.58. The summed E-state index contributed by atoms with van der Waals surface area (Å²) in [5, 5.41) is 3.87. The molecule has 1 unspecified atom stereocenters. The molecule has 180 valence electrons. The number of amides is 2. The molecule has 1 fully saturated rings. The van der Waals surface area contributed by atoms with E-state index in [-0.39, 0.29) is 31.2 Å². The maximum absolute atomic E-state index is 13.2. The Bertz CT molecular complexity index is 1260. The first kappa shape index (κ1) is 24.0. The van der Waals surface area contributed by atoms with Crippen molar-refractivity contribution < 1.29 is 18.0 Å². The highest BCUT2D eigenvalue weighted by Crippen LogP contribution is 2.27. The predicted octanol–water partition coefficient (Wildman–Crippen LogP) is 2.45. The van der Waals surface area contributed by atoms with Crippen LogP contribution in [0.25, 0.3) is 10.9 Å². The highest BCUT2D eigenvalue weighted by Gasteiger charge is 2.30. The summed E-state index contributed by atoms with van der Waals surface area (Å²) in [6.07, 6.45) is 3.76. The van der Waals surface area contributed by atoms with Crippen LogP contribution in [0, 0.1) is 0 Å². The molecule has 9 heteroatoms. The molecule has 34 heavy (non-hydrogen) atoms. The summed E-state index contributed by atoms with van der Waals surface area (Å²) < 4.78 is 26.8. The van der Waals surface area contributed by atoms with E-state index < -0.39 is 16.1 Å². The van der Waals surface area contributed by atoms with E-state index in [2.05, 4.69) is 10.3 Å². The maximum atomic E-state index is 13.2. The maximum Gasteiger partial charge on any atom is 0.227 e. The number of carbonyl (C=O) groups is 2. The number of aromatic amines is 1. The van der Waals surface area contributed by atoms with Crippen LogP contribution < -0.4 is 5.32 Å². The van der Waals surface area contributed by atoms with Crippen molar-refractivity contribution in [1.82, 2.24) is 19.5 Å². The van der Waals surface area contributed by atoms with Crippen molar-refractivity contribution in [2.45, 2.75) is 25.3 Å². The molecule has 0 saturated carbocycles. The highest BCUT2D eigenvalue weighted by atomic mass is 32.2. The number of H-pyrrole nitrogens is 1. The van der Waals surface area contributed by atoms with E-state index in [1.807, 2.05) is 60.8 Å². The minimum Gasteiger partial charge on any atom is -0.361 e. The van der Waals surface area contributed by atoms with E-state index in [0.717, 1.165) is 22.0 Å². The Hall–Kier alpha value is -3.17. The van der Waals surface area contributed by atoms with Crippen LogP contribution >= 0.6 is 0 Å². The molecule has 2 aromatic carbocycles. The van der Waals surface area contributed by atoms with Crippen molar-refractivity contribution in [2.75, 3.05) is 32.4 Å². The Labute approximate surface area is 200 Å². The van der Waals surface area contributed by atoms with Gasteiger partial charge in [0.2, 0.25) is 21.8 Å². The molecule has 2 amide bonds. The zero-order valence-corrected chi connectivity index (χ0v) is 20.1. The van der Waals surface area contributed by atoms with E-state index in [1.165, 1.54) is 10.6 Å². The lowest BCUT2D eigenvalue weighted by atomic mass is 10.0. The van der Waals surface area contributed by atoms with E-state index >= 15 is 0 Å². The van der Waals surface area contributed by atoms with Gasteiger partial charge in [-0.3, -0.25) is 9.59 Å². The van der Waals surface area contributed by atoms with Crippen molar-refractivity contribution in [1.29, 1.82) is 0 Å². The van der Waals surface area contributed by atoms with Gasteiger partial charge in [-0.2, -0.15) is 4.31 Å². The van der Waals surface area contributed by atoms with Gasteiger partial charge in [0.25, 0.3) is 0 Å². The average molecular weight is 483 g/mol. The second-order valence-electron chi connectivity index (χ2n) is 8.62. The number of nitrogens with zero attached hydrogens (tertiary/aromatic N) is 2. The predicted molar refractivity (Wildman–Crippen MR) is 132 cm³/mol. The fraction of sp³-hybridized carbons (Fsp3) is 0.360.